The molecule has 0 spiro atoms. The fraction of sp³-hybridized carbons (Fsp3) is 1.00. The van der Waals surface area contributed by atoms with E-state index in [2.05, 4.69) is 33.1 Å². The van der Waals surface area contributed by atoms with E-state index in [0.29, 0.717) is 17.6 Å². The van der Waals surface area contributed by atoms with Crippen LogP contribution >= 0.6 is 12.4 Å². The van der Waals surface area contributed by atoms with Gasteiger partial charge >= 0.3 is 0 Å². The van der Waals surface area contributed by atoms with Gasteiger partial charge in [-0.3, -0.25) is 0 Å². The lowest BCUT2D eigenvalue weighted by atomic mass is 9.59. The zero-order chi connectivity index (χ0) is 9.90. The molecule has 1 saturated carbocycles. The minimum atomic E-state index is 0. The van der Waals surface area contributed by atoms with Gasteiger partial charge in [-0.1, -0.05) is 13.8 Å². The molecule has 0 radical (unpaired) electrons. The minimum absolute atomic E-state index is 0. The molecule has 1 aliphatic rings. The van der Waals surface area contributed by atoms with Gasteiger partial charge in [-0.15, -0.1) is 12.4 Å². The van der Waals surface area contributed by atoms with Crippen LogP contribution in [0, 0.1) is 5.41 Å². The number of hydrogen-bond acceptors (Lipinski definition) is 2. The lowest BCUT2D eigenvalue weighted by Crippen LogP contribution is -2.62. The predicted molar refractivity (Wildman–Crippen MR) is 63.1 cm³/mol. The van der Waals surface area contributed by atoms with E-state index in [9.17, 15) is 0 Å². The molecule has 0 heterocycles. The maximum atomic E-state index is 5.77. The number of rotatable bonds is 5. The van der Waals surface area contributed by atoms with E-state index in [1.807, 2.05) is 0 Å². The van der Waals surface area contributed by atoms with Crippen LogP contribution in [0.25, 0.3) is 0 Å². The Labute approximate surface area is 94.2 Å². The molecule has 0 aliphatic heterocycles. The van der Waals surface area contributed by atoms with E-state index >= 15 is 0 Å². The fourth-order valence-corrected chi connectivity index (χ4v) is 2.79. The van der Waals surface area contributed by atoms with Gasteiger partial charge in [-0.2, -0.15) is 0 Å². The molecule has 1 N–H and O–H groups in total. The summed E-state index contributed by atoms with van der Waals surface area (Å²) in [5.74, 6) is 0. The summed E-state index contributed by atoms with van der Waals surface area (Å²) in [6.45, 7) is 7.49. The lowest BCUT2D eigenvalue weighted by Gasteiger charge is -2.55. The highest BCUT2D eigenvalue weighted by atomic mass is 35.5. The second-order valence-corrected chi connectivity index (χ2v) is 3.96. The molecule has 0 bridgehead atoms. The van der Waals surface area contributed by atoms with Crippen LogP contribution in [-0.4, -0.2) is 25.8 Å². The van der Waals surface area contributed by atoms with E-state index in [1.165, 1.54) is 19.3 Å². The van der Waals surface area contributed by atoms with Crippen molar-refractivity contribution in [2.75, 3.05) is 13.7 Å². The minimum Gasteiger partial charge on any atom is -0.378 e. The van der Waals surface area contributed by atoms with Gasteiger partial charge in [0.15, 0.2) is 0 Å². The number of hydrogen-bond donors (Lipinski definition) is 1. The van der Waals surface area contributed by atoms with Gasteiger partial charge in [0.2, 0.25) is 0 Å². The Morgan fingerprint density at radius 2 is 1.86 bits per heavy atom. The molecule has 0 aromatic heterocycles. The van der Waals surface area contributed by atoms with E-state index in [1.54, 1.807) is 0 Å². The van der Waals surface area contributed by atoms with Crippen molar-refractivity contribution >= 4 is 12.4 Å². The highest BCUT2D eigenvalue weighted by molar-refractivity contribution is 5.85. The van der Waals surface area contributed by atoms with Crippen LogP contribution in [0.3, 0.4) is 0 Å². The summed E-state index contributed by atoms with van der Waals surface area (Å²) in [6, 6.07) is 0.666. The fourth-order valence-electron chi connectivity index (χ4n) is 2.79. The maximum Gasteiger partial charge on any atom is 0.0660 e. The summed E-state index contributed by atoms with van der Waals surface area (Å²) in [4.78, 5) is 0. The second-order valence-electron chi connectivity index (χ2n) is 3.96. The zero-order valence-corrected chi connectivity index (χ0v) is 10.6. The third-order valence-electron chi connectivity index (χ3n) is 3.82. The molecule has 2 atom stereocenters. The molecule has 0 amide bonds. The normalized spacial score (nSPS) is 29.1. The van der Waals surface area contributed by atoms with Crippen LogP contribution in [0.4, 0.5) is 0 Å². The first-order valence-electron chi connectivity index (χ1n) is 5.54. The van der Waals surface area contributed by atoms with Crippen LogP contribution in [0.5, 0.6) is 0 Å². The van der Waals surface area contributed by atoms with Crippen molar-refractivity contribution in [1.82, 2.24) is 5.32 Å². The molecule has 14 heavy (non-hydrogen) atoms. The molecule has 3 heteroatoms. The standard InChI is InChI=1S/C11H23NO.ClH/c1-5-11(6-2)9(12-4)8-10(11)13-7-3;/h9-10,12H,5-8H2,1-4H3;1H. The third-order valence-corrected chi connectivity index (χ3v) is 3.82. The van der Waals surface area contributed by atoms with Crippen LogP contribution in [0.2, 0.25) is 0 Å². The molecular weight excluding hydrogens is 198 g/mol. The van der Waals surface area contributed by atoms with Gasteiger partial charge in [-0.05, 0) is 33.2 Å². The van der Waals surface area contributed by atoms with Gasteiger partial charge in [0.1, 0.15) is 0 Å². The van der Waals surface area contributed by atoms with Gasteiger partial charge in [0.25, 0.3) is 0 Å². The van der Waals surface area contributed by atoms with Crippen molar-refractivity contribution in [1.29, 1.82) is 0 Å². The number of halogens is 1. The first-order valence-corrected chi connectivity index (χ1v) is 5.54. The molecule has 1 aliphatic carbocycles. The summed E-state index contributed by atoms with van der Waals surface area (Å²) in [6.07, 6.45) is 4.12. The van der Waals surface area contributed by atoms with Crippen molar-refractivity contribution < 1.29 is 4.74 Å². The molecule has 1 rings (SSSR count). The summed E-state index contributed by atoms with van der Waals surface area (Å²) in [5.41, 5.74) is 0.408. The molecule has 2 unspecified atom stereocenters. The largest absolute Gasteiger partial charge is 0.378 e. The lowest BCUT2D eigenvalue weighted by molar-refractivity contribution is -0.136. The molecule has 1 fully saturated rings. The second kappa shape index (κ2) is 5.94. The van der Waals surface area contributed by atoms with E-state index < -0.39 is 0 Å². The number of ether oxygens (including phenoxy) is 1. The summed E-state index contributed by atoms with van der Waals surface area (Å²) < 4.78 is 5.77. The highest BCUT2D eigenvalue weighted by Gasteiger charge is 2.52. The van der Waals surface area contributed by atoms with Crippen LogP contribution < -0.4 is 5.32 Å². The molecular formula is C11H24ClNO. The third kappa shape index (κ3) is 2.07. The smallest absolute Gasteiger partial charge is 0.0660 e. The topological polar surface area (TPSA) is 21.3 Å². The Kier molecular flexibility index (Phi) is 6.03. The van der Waals surface area contributed by atoms with Gasteiger partial charge in [-0.25, -0.2) is 0 Å². The molecule has 0 aromatic rings. The van der Waals surface area contributed by atoms with Crippen LogP contribution in [0.15, 0.2) is 0 Å². The van der Waals surface area contributed by atoms with Gasteiger partial charge < -0.3 is 10.1 Å². The van der Waals surface area contributed by atoms with Gasteiger partial charge in [0.05, 0.1) is 6.10 Å². The monoisotopic (exact) mass is 221 g/mol. The SMILES string of the molecule is CCOC1CC(NC)C1(CC)CC.Cl. The first kappa shape index (κ1) is 14.2. The molecule has 86 valence electrons. The Balaban J connectivity index is 0.00000169. The van der Waals surface area contributed by atoms with E-state index in [0.717, 1.165) is 6.61 Å². The summed E-state index contributed by atoms with van der Waals surface area (Å²) in [7, 11) is 2.06. The molecule has 0 saturated heterocycles. The Bertz CT molecular complexity index is 159. The van der Waals surface area contributed by atoms with Crippen molar-refractivity contribution in [3.63, 3.8) is 0 Å². The van der Waals surface area contributed by atoms with Crippen molar-refractivity contribution in [2.24, 2.45) is 5.41 Å². The highest BCUT2D eigenvalue weighted by Crippen LogP contribution is 2.48. The van der Waals surface area contributed by atoms with Crippen LogP contribution in [-0.2, 0) is 4.74 Å². The number of nitrogens with one attached hydrogen (secondary N) is 1. The van der Waals surface area contributed by atoms with Gasteiger partial charge in [0, 0.05) is 18.1 Å². The average Bonchev–Trinajstić information content (AvgIpc) is 2.14. The predicted octanol–water partition coefficient (Wildman–Crippen LogP) is 2.61. The Morgan fingerprint density at radius 1 is 1.29 bits per heavy atom. The van der Waals surface area contributed by atoms with Crippen molar-refractivity contribution in [3.8, 4) is 0 Å². The first-order chi connectivity index (χ1) is 6.25. The maximum absolute atomic E-state index is 5.77. The van der Waals surface area contributed by atoms with Crippen molar-refractivity contribution in [2.45, 2.75) is 52.2 Å². The Morgan fingerprint density at radius 3 is 2.21 bits per heavy atom. The molecule has 0 aromatic carbocycles. The summed E-state index contributed by atoms with van der Waals surface area (Å²) >= 11 is 0. The average molecular weight is 222 g/mol. The van der Waals surface area contributed by atoms with Crippen LogP contribution in [0.1, 0.15) is 40.0 Å². The summed E-state index contributed by atoms with van der Waals surface area (Å²) in [5, 5.41) is 3.40. The van der Waals surface area contributed by atoms with E-state index in [4.69, 9.17) is 4.74 Å². The zero-order valence-electron chi connectivity index (χ0n) is 9.80. The Hall–Kier alpha value is 0.210. The van der Waals surface area contributed by atoms with E-state index in [-0.39, 0.29) is 12.4 Å². The van der Waals surface area contributed by atoms with Crippen molar-refractivity contribution in [3.05, 3.63) is 0 Å². The molecule has 2 nitrogen and oxygen atoms in total. The quantitative estimate of drug-likeness (QED) is 0.771.